The van der Waals surface area contributed by atoms with Gasteiger partial charge in [-0.2, -0.15) is 0 Å². The Morgan fingerprint density at radius 1 is 0.955 bits per heavy atom. The number of carbonyl (C=O) groups excluding carboxylic acids is 1. The van der Waals surface area contributed by atoms with Crippen LogP contribution in [-0.2, 0) is 0 Å². The maximum atomic E-state index is 13.0. The number of halogens is 3. The number of hydrogen-bond acceptors (Lipinski definition) is 1. The molecule has 5 heteroatoms. The predicted molar refractivity (Wildman–Crippen MR) is 86.1 cm³/mol. The van der Waals surface area contributed by atoms with Gasteiger partial charge in [0.2, 0.25) is 0 Å². The highest BCUT2D eigenvalue weighted by Gasteiger charge is 2.17. The van der Waals surface area contributed by atoms with Crippen LogP contribution >= 0.6 is 23.2 Å². The van der Waals surface area contributed by atoms with Crippen LogP contribution in [0.25, 0.3) is 11.1 Å². The number of aromatic nitrogens is 1. The number of aromatic amines is 1. The van der Waals surface area contributed by atoms with Crippen molar-refractivity contribution in [3.63, 3.8) is 0 Å². The summed E-state index contributed by atoms with van der Waals surface area (Å²) >= 11 is 12.1. The molecule has 3 rings (SSSR count). The number of nitrogens with one attached hydrogen (secondary N) is 1. The van der Waals surface area contributed by atoms with E-state index in [-0.39, 0.29) is 11.6 Å². The number of carbonyl (C=O) groups is 1. The highest BCUT2D eigenvalue weighted by atomic mass is 35.5. The molecule has 0 bridgehead atoms. The van der Waals surface area contributed by atoms with Gasteiger partial charge in [-0.3, -0.25) is 4.79 Å². The van der Waals surface area contributed by atoms with Gasteiger partial charge in [0, 0.05) is 44.7 Å². The van der Waals surface area contributed by atoms with E-state index in [1.165, 1.54) is 24.3 Å². The van der Waals surface area contributed by atoms with E-state index < -0.39 is 0 Å². The fourth-order valence-corrected chi connectivity index (χ4v) is 2.75. The Labute approximate surface area is 136 Å². The highest BCUT2D eigenvalue weighted by molar-refractivity contribution is 6.36. The lowest BCUT2D eigenvalue weighted by Gasteiger charge is -2.06. The van der Waals surface area contributed by atoms with Crippen LogP contribution in [0.5, 0.6) is 0 Å². The zero-order valence-electron chi connectivity index (χ0n) is 11.2. The van der Waals surface area contributed by atoms with Crippen molar-refractivity contribution in [3.8, 4) is 11.1 Å². The van der Waals surface area contributed by atoms with Crippen LogP contribution < -0.4 is 0 Å². The summed E-state index contributed by atoms with van der Waals surface area (Å²) < 4.78 is 13.0. The molecule has 0 radical (unpaired) electrons. The van der Waals surface area contributed by atoms with Gasteiger partial charge in [-0.25, -0.2) is 4.39 Å². The molecule has 3 aromatic rings. The summed E-state index contributed by atoms with van der Waals surface area (Å²) in [5, 5.41) is 0.982. The smallest absolute Gasteiger partial charge is 0.195 e. The van der Waals surface area contributed by atoms with Crippen molar-refractivity contribution in [1.82, 2.24) is 4.98 Å². The van der Waals surface area contributed by atoms with Gasteiger partial charge in [-0.15, -0.1) is 0 Å². The Morgan fingerprint density at radius 3 is 2.36 bits per heavy atom. The van der Waals surface area contributed by atoms with E-state index in [4.69, 9.17) is 23.2 Å². The molecule has 0 aliphatic carbocycles. The van der Waals surface area contributed by atoms with E-state index in [1.807, 2.05) is 0 Å². The average Bonchev–Trinajstić information content (AvgIpc) is 2.96. The topological polar surface area (TPSA) is 32.9 Å². The van der Waals surface area contributed by atoms with E-state index in [9.17, 15) is 9.18 Å². The van der Waals surface area contributed by atoms with Crippen molar-refractivity contribution in [2.24, 2.45) is 0 Å². The molecule has 0 amide bonds. The Balaban J connectivity index is 2.05. The SMILES string of the molecule is O=C(c1ccc(F)cc1)c1c[nH]cc1-c1ccc(Cl)cc1Cl. The summed E-state index contributed by atoms with van der Waals surface area (Å²) in [7, 11) is 0. The zero-order valence-corrected chi connectivity index (χ0v) is 12.8. The predicted octanol–water partition coefficient (Wildman–Crippen LogP) is 5.36. The first-order chi connectivity index (χ1) is 10.6. The molecule has 0 saturated heterocycles. The monoisotopic (exact) mass is 333 g/mol. The molecule has 1 heterocycles. The van der Waals surface area contributed by atoms with Crippen molar-refractivity contribution < 1.29 is 9.18 Å². The van der Waals surface area contributed by atoms with Crippen LogP contribution in [0.1, 0.15) is 15.9 Å². The van der Waals surface area contributed by atoms with Gasteiger partial charge in [0.1, 0.15) is 5.82 Å². The molecule has 0 saturated carbocycles. The molecule has 0 unspecified atom stereocenters. The number of H-pyrrole nitrogens is 1. The van der Waals surface area contributed by atoms with E-state index >= 15 is 0 Å². The minimum absolute atomic E-state index is 0.206. The quantitative estimate of drug-likeness (QED) is 0.643. The highest BCUT2D eigenvalue weighted by Crippen LogP contribution is 2.33. The summed E-state index contributed by atoms with van der Waals surface area (Å²) in [6.07, 6.45) is 3.30. The molecule has 22 heavy (non-hydrogen) atoms. The molecule has 0 aliphatic heterocycles. The van der Waals surface area contributed by atoms with Crippen LogP contribution in [0.15, 0.2) is 54.9 Å². The van der Waals surface area contributed by atoms with Crippen LogP contribution in [0.2, 0.25) is 10.0 Å². The van der Waals surface area contributed by atoms with Crippen LogP contribution in [0.3, 0.4) is 0 Å². The Kier molecular flexibility index (Phi) is 4.01. The fraction of sp³-hybridized carbons (Fsp3) is 0. The zero-order chi connectivity index (χ0) is 15.7. The Morgan fingerprint density at radius 2 is 1.68 bits per heavy atom. The molecular formula is C17H10Cl2FNO. The Hall–Kier alpha value is -2.10. The van der Waals surface area contributed by atoms with Crippen LogP contribution in [-0.4, -0.2) is 10.8 Å². The summed E-state index contributed by atoms with van der Waals surface area (Å²) in [5.41, 5.74) is 2.26. The number of ketones is 1. The number of benzene rings is 2. The Bertz CT molecular complexity index is 840. The summed E-state index contributed by atoms with van der Waals surface area (Å²) in [6.45, 7) is 0. The van der Waals surface area contributed by atoms with Gasteiger partial charge in [0.15, 0.2) is 5.78 Å². The summed E-state index contributed by atoms with van der Waals surface area (Å²) in [5.74, 6) is -0.589. The molecule has 0 spiro atoms. The molecular weight excluding hydrogens is 324 g/mol. The van der Waals surface area contributed by atoms with E-state index in [1.54, 1.807) is 30.6 Å². The molecule has 1 aromatic heterocycles. The molecule has 110 valence electrons. The van der Waals surface area contributed by atoms with Gasteiger partial charge in [-0.05, 0) is 36.4 Å². The largest absolute Gasteiger partial charge is 0.366 e. The number of rotatable bonds is 3. The molecule has 0 atom stereocenters. The average molecular weight is 334 g/mol. The van der Waals surface area contributed by atoms with Crippen molar-refractivity contribution in [2.45, 2.75) is 0 Å². The third-order valence-electron chi connectivity index (χ3n) is 3.32. The maximum absolute atomic E-state index is 13.0. The van der Waals surface area contributed by atoms with Crippen LogP contribution in [0, 0.1) is 5.82 Å². The van der Waals surface area contributed by atoms with Crippen molar-refractivity contribution in [3.05, 3.63) is 81.8 Å². The van der Waals surface area contributed by atoms with E-state index in [0.717, 1.165) is 0 Å². The van der Waals surface area contributed by atoms with Crippen LogP contribution in [0.4, 0.5) is 4.39 Å². The maximum Gasteiger partial charge on any atom is 0.195 e. The summed E-state index contributed by atoms with van der Waals surface area (Å²) in [6, 6.07) is 10.5. The lowest BCUT2D eigenvalue weighted by Crippen LogP contribution is -2.01. The van der Waals surface area contributed by atoms with Gasteiger partial charge in [0.25, 0.3) is 0 Å². The van der Waals surface area contributed by atoms with E-state index in [2.05, 4.69) is 4.98 Å². The molecule has 2 nitrogen and oxygen atoms in total. The molecule has 0 fully saturated rings. The standard InChI is InChI=1S/C17H10Cl2FNO/c18-11-3-6-13(16(19)7-11)14-8-21-9-15(14)17(22)10-1-4-12(20)5-2-10/h1-9,21H. The first-order valence-corrected chi connectivity index (χ1v) is 7.24. The lowest BCUT2D eigenvalue weighted by atomic mass is 9.98. The minimum Gasteiger partial charge on any atom is -0.366 e. The lowest BCUT2D eigenvalue weighted by molar-refractivity contribution is 0.103. The molecule has 2 aromatic carbocycles. The first kappa shape index (κ1) is 14.8. The summed E-state index contributed by atoms with van der Waals surface area (Å²) in [4.78, 5) is 15.5. The normalized spacial score (nSPS) is 10.7. The van der Waals surface area contributed by atoms with Crippen molar-refractivity contribution >= 4 is 29.0 Å². The van der Waals surface area contributed by atoms with E-state index in [0.29, 0.717) is 32.3 Å². The van der Waals surface area contributed by atoms with Gasteiger partial charge in [-0.1, -0.05) is 29.3 Å². The number of hydrogen-bond donors (Lipinski definition) is 1. The van der Waals surface area contributed by atoms with Gasteiger partial charge >= 0.3 is 0 Å². The second-order valence-electron chi connectivity index (χ2n) is 4.74. The molecule has 0 aliphatic rings. The fourth-order valence-electron chi connectivity index (χ4n) is 2.24. The van der Waals surface area contributed by atoms with Gasteiger partial charge in [0.05, 0.1) is 0 Å². The third kappa shape index (κ3) is 2.78. The first-order valence-electron chi connectivity index (χ1n) is 6.49. The third-order valence-corrected chi connectivity index (χ3v) is 3.87. The second kappa shape index (κ2) is 5.95. The second-order valence-corrected chi connectivity index (χ2v) is 5.59. The van der Waals surface area contributed by atoms with Crippen molar-refractivity contribution in [1.29, 1.82) is 0 Å². The van der Waals surface area contributed by atoms with Gasteiger partial charge < -0.3 is 4.98 Å². The van der Waals surface area contributed by atoms with Crippen molar-refractivity contribution in [2.75, 3.05) is 0 Å². The minimum atomic E-state index is -0.383. The molecule has 1 N–H and O–H groups in total.